The summed E-state index contributed by atoms with van der Waals surface area (Å²) in [6, 6.07) is 11.1. The molecule has 0 spiro atoms. The maximum absolute atomic E-state index is 12.6. The van der Waals surface area contributed by atoms with Gasteiger partial charge < -0.3 is 10.8 Å². The van der Waals surface area contributed by atoms with Gasteiger partial charge in [-0.2, -0.15) is 4.31 Å². The molecule has 0 amide bonds. The Morgan fingerprint density at radius 2 is 1.86 bits per heavy atom. The van der Waals surface area contributed by atoms with E-state index in [0.29, 0.717) is 5.56 Å². The van der Waals surface area contributed by atoms with Crippen molar-refractivity contribution in [2.45, 2.75) is 11.4 Å². The van der Waals surface area contributed by atoms with E-state index in [9.17, 15) is 13.5 Å². The van der Waals surface area contributed by atoms with Crippen LogP contribution < -0.4 is 5.73 Å². The number of nitrogens with two attached hydrogens (primary N) is 1. The maximum Gasteiger partial charge on any atom is 0.246 e. The SMILES string of the molecule is CN(Cc1ccccc1O)S(=O)(=O)c1c(N)cccc1Cl. The molecule has 0 aliphatic carbocycles. The number of halogens is 1. The van der Waals surface area contributed by atoms with Gasteiger partial charge in [0, 0.05) is 19.2 Å². The van der Waals surface area contributed by atoms with Gasteiger partial charge in [-0.3, -0.25) is 0 Å². The molecule has 2 aromatic carbocycles. The van der Waals surface area contributed by atoms with Crippen LogP contribution in [0, 0.1) is 0 Å². The molecule has 0 aliphatic heterocycles. The van der Waals surface area contributed by atoms with Gasteiger partial charge in [-0.05, 0) is 18.2 Å². The minimum absolute atomic E-state index is 0.0136. The first kappa shape index (κ1) is 15.6. The molecule has 0 fully saturated rings. The van der Waals surface area contributed by atoms with Gasteiger partial charge in [0.1, 0.15) is 10.6 Å². The first-order valence-electron chi connectivity index (χ1n) is 6.11. The standard InChI is InChI=1S/C14H15ClN2O3S/c1-17(9-10-5-2-3-8-13(10)18)21(19,20)14-11(15)6-4-7-12(14)16/h2-8,18H,9,16H2,1H3. The molecule has 0 bridgehead atoms. The molecule has 0 unspecified atom stereocenters. The van der Waals surface area contributed by atoms with Gasteiger partial charge in [-0.25, -0.2) is 8.42 Å². The van der Waals surface area contributed by atoms with Gasteiger partial charge in [0.2, 0.25) is 10.0 Å². The molecule has 112 valence electrons. The van der Waals surface area contributed by atoms with E-state index in [1.165, 1.54) is 25.2 Å². The van der Waals surface area contributed by atoms with E-state index < -0.39 is 10.0 Å². The van der Waals surface area contributed by atoms with E-state index in [-0.39, 0.29) is 27.9 Å². The van der Waals surface area contributed by atoms with Crippen LogP contribution in [0.3, 0.4) is 0 Å². The average molecular weight is 327 g/mol. The largest absolute Gasteiger partial charge is 0.508 e. The van der Waals surface area contributed by atoms with E-state index in [1.807, 2.05) is 0 Å². The molecule has 0 heterocycles. The highest BCUT2D eigenvalue weighted by Crippen LogP contribution is 2.30. The van der Waals surface area contributed by atoms with Crippen molar-refractivity contribution in [2.75, 3.05) is 12.8 Å². The van der Waals surface area contributed by atoms with E-state index in [1.54, 1.807) is 24.3 Å². The fourth-order valence-electron chi connectivity index (χ4n) is 1.92. The van der Waals surface area contributed by atoms with Crippen LogP contribution in [0.15, 0.2) is 47.4 Å². The fraction of sp³-hybridized carbons (Fsp3) is 0.143. The van der Waals surface area contributed by atoms with Crippen LogP contribution in [0.25, 0.3) is 0 Å². The average Bonchev–Trinajstić information content (AvgIpc) is 2.40. The quantitative estimate of drug-likeness (QED) is 0.845. The van der Waals surface area contributed by atoms with Gasteiger partial charge in [0.15, 0.2) is 0 Å². The molecule has 3 N–H and O–H groups in total. The zero-order valence-corrected chi connectivity index (χ0v) is 12.9. The Kier molecular flexibility index (Phi) is 4.41. The molecular formula is C14H15ClN2O3S. The predicted octanol–water partition coefficient (Wildman–Crippen LogP) is 2.45. The van der Waals surface area contributed by atoms with Crippen LogP contribution in [0.1, 0.15) is 5.56 Å². The van der Waals surface area contributed by atoms with E-state index in [4.69, 9.17) is 17.3 Å². The fourth-order valence-corrected chi connectivity index (χ4v) is 3.70. The Morgan fingerprint density at radius 1 is 1.19 bits per heavy atom. The number of benzene rings is 2. The first-order valence-corrected chi connectivity index (χ1v) is 7.93. The highest BCUT2D eigenvalue weighted by atomic mass is 35.5. The number of phenolic OH excluding ortho intramolecular Hbond substituents is 1. The van der Waals surface area contributed by atoms with Crippen LogP contribution in [-0.2, 0) is 16.6 Å². The molecule has 0 saturated carbocycles. The van der Waals surface area contributed by atoms with Gasteiger partial charge in [-0.15, -0.1) is 0 Å². The summed E-state index contributed by atoms with van der Waals surface area (Å²) in [5, 5.41) is 9.80. The smallest absolute Gasteiger partial charge is 0.246 e. The monoisotopic (exact) mass is 326 g/mol. The molecular weight excluding hydrogens is 312 g/mol. The van der Waals surface area contributed by atoms with E-state index >= 15 is 0 Å². The third-order valence-electron chi connectivity index (χ3n) is 3.05. The lowest BCUT2D eigenvalue weighted by Crippen LogP contribution is -2.27. The summed E-state index contributed by atoms with van der Waals surface area (Å²) in [5.74, 6) is 0.0340. The highest BCUT2D eigenvalue weighted by Gasteiger charge is 2.26. The third-order valence-corrected chi connectivity index (χ3v) is 5.40. The summed E-state index contributed by atoms with van der Waals surface area (Å²) in [7, 11) is -2.44. The zero-order valence-electron chi connectivity index (χ0n) is 11.3. The number of hydrogen-bond donors (Lipinski definition) is 2. The third kappa shape index (κ3) is 3.12. The topological polar surface area (TPSA) is 83.6 Å². The van der Waals surface area contributed by atoms with Crippen LogP contribution in [0.4, 0.5) is 5.69 Å². The molecule has 21 heavy (non-hydrogen) atoms. The minimum Gasteiger partial charge on any atom is -0.508 e. The van der Waals surface area contributed by atoms with Gasteiger partial charge in [0.05, 0.1) is 10.7 Å². The Balaban J connectivity index is 2.38. The molecule has 2 rings (SSSR count). The van der Waals surface area contributed by atoms with Crippen LogP contribution in [0.2, 0.25) is 5.02 Å². The molecule has 5 nitrogen and oxygen atoms in total. The second-order valence-corrected chi connectivity index (χ2v) is 6.94. The van der Waals surface area contributed by atoms with Gasteiger partial charge >= 0.3 is 0 Å². The van der Waals surface area contributed by atoms with Gasteiger partial charge in [0.25, 0.3) is 0 Å². The number of rotatable bonds is 4. The molecule has 0 aliphatic rings. The predicted molar refractivity (Wildman–Crippen MR) is 82.6 cm³/mol. The Bertz CT molecular complexity index is 742. The lowest BCUT2D eigenvalue weighted by molar-refractivity contribution is 0.436. The summed E-state index contributed by atoms with van der Waals surface area (Å²) < 4.78 is 26.2. The van der Waals surface area contributed by atoms with Crippen molar-refractivity contribution in [1.82, 2.24) is 4.31 Å². The number of nitrogen functional groups attached to an aromatic ring is 1. The first-order chi connectivity index (χ1) is 9.84. The second kappa shape index (κ2) is 5.93. The number of sulfonamides is 1. The Hall–Kier alpha value is -1.76. The van der Waals surface area contributed by atoms with Crippen molar-refractivity contribution in [3.05, 3.63) is 53.1 Å². The van der Waals surface area contributed by atoms with Crippen molar-refractivity contribution in [3.63, 3.8) is 0 Å². The molecule has 0 saturated heterocycles. The van der Waals surface area contributed by atoms with Crippen molar-refractivity contribution in [1.29, 1.82) is 0 Å². The Morgan fingerprint density at radius 3 is 2.48 bits per heavy atom. The number of anilines is 1. The summed E-state index contributed by atoms with van der Waals surface area (Å²) in [6.45, 7) is 0.0136. The molecule has 0 aromatic heterocycles. The van der Waals surface area contributed by atoms with Crippen LogP contribution in [0.5, 0.6) is 5.75 Å². The van der Waals surface area contributed by atoms with Crippen molar-refractivity contribution < 1.29 is 13.5 Å². The number of hydrogen-bond acceptors (Lipinski definition) is 4. The number of aromatic hydroxyl groups is 1. The summed E-state index contributed by atoms with van der Waals surface area (Å²) in [5.41, 5.74) is 6.31. The molecule has 0 atom stereocenters. The maximum atomic E-state index is 12.6. The summed E-state index contributed by atoms with van der Waals surface area (Å²) in [6.07, 6.45) is 0. The van der Waals surface area contributed by atoms with Crippen LogP contribution >= 0.6 is 11.6 Å². The Labute approximate surface area is 128 Å². The lowest BCUT2D eigenvalue weighted by atomic mass is 10.2. The lowest BCUT2D eigenvalue weighted by Gasteiger charge is -2.19. The van der Waals surface area contributed by atoms with E-state index in [0.717, 1.165) is 4.31 Å². The summed E-state index contributed by atoms with van der Waals surface area (Å²) in [4.78, 5) is -0.121. The zero-order chi connectivity index (χ0) is 15.6. The normalized spacial score (nSPS) is 11.8. The van der Waals surface area contributed by atoms with E-state index in [2.05, 4.69) is 0 Å². The second-order valence-electron chi connectivity index (χ2n) is 4.55. The number of phenols is 1. The van der Waals surface area contributed by atoms with Crippen LogP contribution in [-0.4, -0.2) is 24.9 Å². The minimum atomic E-state index is -3.85. The number of para-hydroxylation sites is 1. The van der Waals surface area contributed by atoms with Crippen molar-refractivity contribution in [2.24, 2.45) is 0 Å². The van der Waals surface area contributed by atoms with Gasteiger partial charge in [-0.1, -0.05) is 35.9 Å². The molecule has 2 aromatic rings. The summed E-state index contributed by atoms with van der Waals surface area (Å²) >= 11 is 5.96. The van der Waals surface area contributed by atoms with Crippen molar-refractivity contribution >= 4 is 27.3 Å². The molecule has 7 heteroatoms. The highest BCUT2D eigenvalue weighted by molar-refractivity contribution is 7.89. The molecule has 0 radical (unpaired) electrons. The van der Waals surface area contributed by atoms with Crippen molar-refractivity contribution in [3.8, 4) is 5.75 Å². The number of nitrogens with zero attached hydrogens (tertiary/aromatic N) is 1.